The summed E-state index contributed by atoms with van der Waals surface area (Å²) < 4.78 is 2.14. The predicted molar refractivity (Wildman–Crippen MR) is 118 cm³/mol. The summed E-state index contributed by atoms with van der Waals surface area (Å²) in [6.07, 6.45) is 2.02. The number of rotatable bonds is 3. The number of fused-ring (bicyclic) bond motifs is 1. The third-order valence-electron chi connectivity index (χ3n) is 5.23. The van der Waals surface area contributed by atoms with Gasteiger partial charge in [-0.15, -0.1) is 11.3 Å². The first-order valence-electron chi connectivity index (χ1n) is 9.65. The first kappa shape index (κ1) is 19.6. The third-order valence-corrected chi connectivity index (χ3v) is 6.26. The van der Waals surface area contributed by atoms with E-state index in [2.05, 4.69) is 52.9 Å². The van der Waals surface area contributed by atoms with E-state index in [1.807, 2.05) is 12.1 Å². The predicted octanol–water partition coefficient (Wildman–Crippen LogP) is 2.32. The number of hydrogen-bond acceptors (Lipinski definition) is 6. The van der Waals surface area contributed by atoms with E-state index in [1.165, 1.54) is 17.0 Å². The van der Waals surface area contributed by atoms with E-state index in [9.17, 15) is 9.90 Å². The molecule has 0 radical (unpaired) electrons. The Kier molecular flexibility index (Phi) is 5.41. The maximum absolute atomic E-state index is 13.0. The van der Waals surface area contributed by atoms with Crippen LogP contribution < -0.4 is 10.5 Å². The highest BCUT2D eigenvalue weighted by Gasteiger charge is 2.24. The molecular formula is C22H24N4O2S. The van der Waals surface area contributed by atoms with E-state index >= 15 is 0 Å². The molecule has 2 aromatic heterocycles. The largest absolute Gasteiger partial charge is 0.381 e. The summed E-state index contributed by atoms with van der Waals surface area (Å²) in [6, 6.07) is 10.4. The minimum absolute atomic E-state index is 0.105. The van der Waals surface area contributed by atoms with Gasteiger partial charge in [0, 0.05) is 24.8 Å². The average Bonchev–Trinajstić information content (AvgIpc) is 3.35. The number of aliphatic hydroxyl groups excluding tert-OH is 1. The zero-order chi connectivity index (χ0) is 20.5. The van der Waals surface area contributed by atoms with E-state index in [-0.39, 0.29) is 5.56 Å². The molecule has 0 bridgehead atoms. The topological polar surface area (TPSA) is 61.6 Å². The molecule has 29 heavy (non-hydrogen) atoms. The Labute approximate surface area is 174 Å². The molecule has 3 aromatic rings. The van der Waals surface area contributed by atoms with Gasteiger partial charge in [0.05, 0.1) is 16.1 Å². The van der Waals surface area contributed by atoms with E-state index in [0.29, 0.717) is 16.3 Å². The van der Waals surface area contributed by atoms with Gasteiger partial charge in [0.15, 0.2) is 0 Å². The van der Waals surface area contributed by atoms with Crippen molar-refractivity contribution in [3.05, 3.63) is 51.9 Å². The molecule has 1 aliphatic rings. The molecule has 0 spiro atoms. The summed E-state index contributed by atoms with van der Waals surface area (Å²) in [5, 5.41) is 9.32. The lowest BCUT2D eigenvalue weighted by molar-refractivity contribution is 0.253. The van der Waals surface area contributed by atoms with Crippen molar-refractivity contribution in [2.75, 3.05) is 32.1 Å². The quantitative estimate of drug-likeness (QED) is 0.674. The van der Waals surface area contributed by atoms with Crippen molar-refractivity contribution in [1.29, 1.82) is 0 Å². The highest BCUT2D eigenvalue weighted by Crippen LogP contribution is 2.24. The maximum atomic E-state index is 13.0. The fourth-order valence-electron chi connectivity index (χ4n) is 3.56. The van der Waals surface area contributed by atoms with E-state index in [4.69, 9.17) is 0 Å². The Hall–Kier alpha value is -2.66. The van der Waals surface area contributed by atoms with Gasteiger partial charge in [-0.25, -0.2) is 4.98 Å². The molecule has 3 heterocycles. The lowest BCUT2D eigenvalue weighted by Crippen LogP contribution is -2.31. The molecular weight excluding hydrogens is 384 g/mol. The fraction of sp³-hybridized carbons (Fsp3) is 0.364. The first-order valence-corrected chi connectivity index (χ1v) is 10.5. The summed E-state index contributed by atoms with van der Waals surface area (Å²) >= 11 is 1.31. The highest BCUT2D eigenvalue weighted by atomic mass is 32.1. The van der Waals surface area contributed by atoms with Crippen LogP contribution in [0.5, 0.6) is 0 Å². The molecule has 0 saturated carbocycles. The van der Waals surface area contributed by atoms with Crippen LogP contribution in [0.3, 0.4) is 0 Å². The SMILES string of the molecule is CC(O)C#Cc1cc2ncn(-c3ccc(N4CC[C@@H](N(C)C)C4)cc3)c(=O)c2s1. The van der Waals surface area contributed by atoms with Gasteiger partial charge in [-0.3, -0.25) is 9.36 Å². The van der Waals surface area contributed by atoms with Crippen molar-refractivity contribution in [2.24, 2.45) is 0 Å². The zero-order valence-corrected chi connectivity index (χ0v) is 17.6. The van der Waals surface area contributed by atoms with Crippen molar-refractivity contribution >= 4 is 27.2 Å². The molecule has 7 heteroatoms. The normalized spacial score (nSPS) is 17.6. The van der Waals surface area contributed by atoms with Gasteiger partial charge in [-0.1, -0.05) is 11.8 Å². The molecule has 4 rings (SSSR count). The molecule has 1 N–H and O–H groups in total. The van der Waals surface area contributed by atoms with E-state index < -0.39 is 6.10 Å². The molecule has 150 valence electrons. The lowest BCUT2D eigenvalue weighted by atomic mass is 10.2. The summed E-state index contributed by atoms with van der Waals surface area (Å²) in [7, 11) is 4.25. The van der Waals surface area contributed by atoms with Gasteiger partial charge in [-0.05, 0) is 57.8 Å². The second-order valence-electron chi connectivity index (χ2n) is 7.56. The van der Waals surface area contributed by atoms with Crippen LogP contribution in [0.15, 0.2) is 41.5 Å². The van der Waals surface area contributed by atoms with Gasteiger partial charge in [0.2, 0.25) is 0 Å². The Morgan fingerprint density at radius 2 is 2.00 bits per heavy atom. The smallest absolute Gasteiger partial charge is 0.275 e. The number of thiophene rings is 1. The minimum atomic E-state index is -0.702. The molecule has 1 unspecified atom stereocenters. The van der Waals surface area contributed by atoms with Crippen LogP contribution in [0.25, 0.3) is 15.9 Å². The Morgan fingerprint density at radius 3 is 2.66 bits per heavy atom. The zero-order valence-electron chi connectivity index (χ0n) is 16.8. The average molecular weight is 409 g/mol. The monoisotopic (exact) mass is 408 g/mol. The van der Waals surface area contributed by atoms with E-state index in [0.717, 1.165) is 30.1 Å². The van der Waals surface area contributed by atoms with Gasteiger partial charge in [0.1, 0.15) is 17.1 Å². The Bertz CT molecular complexity index is 1140. The Balaban J connectivity index is 1.61. The summed E-state index contributed by atoms with van der Waals surface area (Å²) in [5.74, 6) is 5.59. The third kappa shape index (κ3) is 4.06. The van der Waals surface area contributed by atoms with Crippen molar-refractivity contribution in [3.8, 4) is 17.5 Å². The number of aromatic nitrogens is 2. The molecule has 2 atom stereocenters. The number of nitrogens with zero attached hydrogens (tertiary/aromatic N) is 4. The maximum Gasteiger partial charge on any atom is 0.275 e. The van der Waals surface area contributed by atoms with Crippen LogP contribution >= 0.6 is 11.3 Å². The van der Waals surface area contributed by atoms with Gasteiger partial charge in [0.25, 0.3) is 5.56 Å². The van der Waals surface area contributed by atoms with Crippen molar-refractivity contribution in [2.45, 2.75) is 25.5 Å². The van der Waals surface area contributed by atoms with Crippen molar-refractivity contribution in [1.82, 2.24) is 14.5 Å². The molecule has 1 saturated heterocycles. The molecule has 6 nitrogen and oxygen atoms in total. The standard InChI is InChI=1S/C22H24N4O2S/c1-15(27)4-9-19-12-20-21(29-19)22(28)26(14-23-20)17-7-5-16(6-8-17)25-11-10-18(13-25)24(2)3/h5-8,12,14-15,18,27H,10-11,13H2,1-3H3/t15?,18-/m1/s1. The van der Waals surface area contributed by atoms with Crippen LogP contribution in [-0.4, -0.2) is 58.9 Å². The van der Waals surface area contributed by atoms with Gasteiger partial charge >= 0.3 is 0 Å². The highest BCUT2D eigenvalue weighted by molar-refractivity contribution is 7.19. The second kappa shape index (κ2) is 7.99. The first-order chi connectivity index (χ1) is 13.9. The second-order valence-corrected chi connectivity index (χ2v) is 8.61. The number of hydrogen-bond donors (Lipinski definition) is 1. The van der Waals surface area contributed by atoms with Gasteiger partial charge < -0.3 is 14.9 Å². The lowest BCUT2D eigenvalue weighted by Gasteiger charge is -2.22. The molecule has 0 aliphatic carbocycles. The summed E-state index contributed by atoms with van der Waals surface area (Å²) in [5.41, 5.74) is 2.50. The Morgan fingerprint density at radius 1 is 1.28 bits per heavy atom. The van der Waals surface area contributed by atoms with Crippen LogP contribution in [0.2, 0.25) is 0 Å². The molecule has 1 aliphatic heterocycles. The van der Waals surface area contributed by atoms with Gasteiger partial charge in [-0.2, -0.15) is 0 Å². The fourth-order valence-corrected chi connectivity index (χ4v) is 4.46. The number of aliphatic hydroxyl groups is 1. The van der Waals surface area contributed by atoms with Crippen molar-refractivity contribution < 1.29 is 5.11 Å². The molecule has 0 amide bonds. The number of benzene rings is 1. The number of likely N-dealkylation sites (N-methyl/N-ethyl adjacent to an activating group) is 1. The minimum Gasteiger partial charge on any atom is -0.381 e. The van der Waals surface area contributed by atoms with E-state index in [1.54, 1.807) is 23.9 Å². The molecule has 1 fully saturated rings. The van der Waals surface area contributed by atoms with Crippen molar-refractivity contribution in [3.63, 3.8) is 0 Å². The molecule has 1 aromatic carbocycles. The summed E-state index contributed by atoms with van der Waals surface area (Å²) in [4.78, 5) is 22.8. The van der Waals surface area contributed by atoms with Crippen LogP contribution in [0.1, 0.15) is 18.2 Å². The number of anilines is 1. The van der Waals surface area contributed by atoms with Crippen LogP contribution in [0.4, 0.5) is 5.69 Å². The van der Waals surface area contributed by atoms with Crippen LogP contribution in [0, 0.1) is 11.8 Å². The summed E-state index contributed by atoms with van der Waals surface area (Å²) in [6.45, 7) is 3.67. The van der Waals surface area contributed by atoms with Crippen LogP contribution in [-0.2, 0) is 0 Å².